The van der Waals surface area contributed by atoms with E-state index in [-0.39, 0.29) is 11.9 Å². The number of hydrogen-bond acceptors (Lipinski definition) is 3. The summed E-state index contributed by atoms with van der Waals surface area (Å²) in [6.07, 6.45) is 0.246. The third-order valence-electron chi connectivity index (χ3n) is 4.07. The fourth-order valence-electron chi connectivity index (χ4n) is 2.99. The van der Waals surface area contributed by atoms with Gasteiger partial charge in [0.1, 0.15) is 5.75 Å². The van der Waals surface area contributed by atoms with Crippen LogP contribution in [0.3, 0.4) is 0 Å². The van der Waals surface area contributed by atoms with E-state index < -0.39 is 6.10 Å². The van der Waals surface area contributed by atoms with Crippen LogP contribution in [0.5, 0.6) is 5.75 Å². The summed E-state index contributed by atoms with van der Waals surface area (Å²) in [5.74, 6) is 0.467. The number of carbonyl (C=O) groups excluding carboxylic acids is 1. The molecule has 1 heterocycles. The van der Waals surface area contributed by atoms with Crippen LogP contribution < -0.4 is 9.64 Å². The lowest BCUT2D eigenvalue weighted by molar-refractivity contribution is -0.124. The molecule has 2 atom stereocenters. The second-order valence-corrected chi connectivity index (χ2v) is 5.79. The van der Waals surface area contributed by atoms with Crippen LogP contribution in [0.15, 0.2) is 48.5 Å². The highest BCUT2D eigenvalue weighted by atomic mass is 16.5. The lowest BCUT2D eigenvalue weighted by Crippen LogP contribution is -2.43. The fourth-order valence-corrected chi connectivity index (χ4v) is 2.99. The molecule has 0 radical (unpaired) electrons. The van der Waals surface area contributed by atoms with Gasteiger partial charge in [0, 0.05) is 11.7 Å². The molecule has 23 heavy (non-hydrogen) atoms. The summed E-state index contributed by atoms with van der Waals surface area (Å²) < 4.78 is 5.75. The summed E-state index contributed by atoms with van der Waals surface area (Å²) in [4.78, 5) is 14.6. The topological polar surface area (TPSA) is 53.3 Å². The van der Waals surface area contributed by atoms with Gasteiger partial charge in [-0.05, 0) is 50.1 Å². The number of fused-ring (bicyclic) bond motifs is 1. The minimum Gasteiger partial charge on any atom is -0.481 e. The molecule has 3 rings (SSSR count). The van der Waals surface area contributed by atoms with Crippen LogP contribution in [0.2, 0.25) is 0 Å². The van der Waals surface area contributed by atoms with E-state index in [0.29, 0.717) is 11.3 Å². The number of ether oxygens (including phenoxy) is 1. The van der Waals surface area contributed by atoms with Crippen LogP contribution in [-0.2, 0) is 11.2 Å². The van der Waals surface area contributed by atoms with Crippen LogP contribution in [0.4, 0.5) is 5.69 Å². The Morgan fingerprint density at radius 1 is 1.30 bits per heavy atom. The van der Waals surface area contributed by atoms with Crippen LogP contribution in [0, 0.1) is 11.3 Å². The summed E-state index contributed by atoms with van der Waals surface area (Å²) in [6, 6.07) is 17.0. The molecule has 0 bridgehead atoms. The predicted molar refractivity (Wildman–Crippen MR) is 88.3 cm³/mol. The van der Waals surface area contributed by atoms with Gasteiger partial charge in [-0.1, -0.05) is 24.3 Å². The zero-order chi connectivity index (χ0) is 16.4. The van der Waals surface area contributed by atoms with Crippen LogP contribution in [0.25, 0.3) is 0 Å². The van der Waals surface area contributed by atoms with Crippen molar-refractivity contribution in [2.45, 2.75) is 32.4 Å². The number of carbonyl (C=O) groups is 1. The molecule has 0 saturated heterocycles. The van der Waals surface area contributed by atoms with Crippen molar-refractivity contribution in [2.24, 2.45) is 0 Å². The molecule has 2 aromatic rings. The van der Waals surface area contributed by atoms with E-state index in [2.05, 4.69) is 12.1 Å². The van der Waals surface area contributed by atoms with Crippen molar-refractivity contribution in [3.05, 3.63) is 59.7 Å². The molecular weight excluding hydrogens is 288 g/mol. The number of amides is 1. The maximum Gasteiger partial charge on any atom is 0.268 e. The molecule has 0 N–H and O–H groups in total. The maximum absolute atomic E-state index is 12.8. The quantitative estimate of drug-likeness (QED) is 0.874. The number of rotatable bonds is 3. The standard InChI is InChI=1S/C19H18N2O2/c1-13-10-16-7-3-4-9-18(16)21(13)19(22)14(2)23-17-8-5-6-15(11-17)12-20/h3-9,11,13-14H,10H2,1-2H3/t13-,14+/m0/s1. The molecule has 0 aliphatic carbocycles. The van der Waals surface area contributed by atoms with Gasteiger partial charge in [0.15, 0.2) is 6.10 Å². The molecule has 1 aliphatic rings. The average molecular weight is 306 g/mol. The van der Waals surface area contributed by atoms with E-state index in [1.165, 1.54) is 5.56 Å². The van der Waals surface area contributed by atoms with Crippen molar-refractivity contribution in [1.82, 2.24) is 0 Å². The van der Waals surface area contributed by atoms with Crippen molar-refractivity contribution in [3.63, 3.8) is 0 Å². The van der Waals surface area contributed by atoms with Gasteiger partial charge in [0.05, 0.1) is 11.6 Å². The lowest BCUT2D eigenvalue weighted by Gasteiger charge is -2.26. The van der Waals surface area contributed by atoms with Gasteiger partial charge in [0.25, 0.3) is 5.91 Å². The molecule has 1 amide bonds. The van der Waals surface area contributed by atoms with E-state index >= 15 is 0 Å². The second kappa shape index (κ2) is 6.13. The minimum absolute atomic E-state index is 0.0650. The van der Waals surface area contributed by atoms with Crippen LogP contribution >= 0.6 is 0 Å². The van der Waals surface area contributed by atoms with E-state index in [4.69, 9.17) is 10.00 Å². The Morgan fingerprint density at radius 2 is 2.09 bits per heavy atom. The van der Waals surface area contributed by atoms with Gasteiger partial charge >= 0.3 is 0 Å². The van der Waals surface area contributed by atoms with Gasteiger partial charge in [-0.25, -0.2) is 0 Å². The Balaban J connectivity index is 1.79. The van der Waals surface area contributed by atoms with Gasteiger partial charge in [-0.15, -0.1) is 0 Å². The molecule has 4 heteroatoms. The van der Waals surface area contributed by atoms with Crippen molar-refractivity contribution in [2.75, 3.05) is 4.90 Å². The van der Waals surface area contributed by atoms with Crippen molar-refractivity contribution < 1.29 is 9.53 Å². The molecule has 116 valence electrons. The SMILES string of the molecule is C[C@@H](Oc1cccc(C#N)c1)C(=O)N1c2ccccc2C[C@@H]1C. The van der Waals surface area contributed by atoms with E-state index in [1.807, 2.05) is 30.0 Å². The number of anilines is 1. The highest BCUT2D eigenvalue weighted by molar-refractivity contribution is 5.99. The van der Waals surface area contributed by atoms with Gasteiger partial charge < -0.3 is 9.64 Å². The van der Waals surface area contributed by atoms with Gasteiger partial charge in [-0.3, -0.25) is 4.79 Å². The molecule has 0 spiro atoms. The first kappa shape index (κ1) is 15.1. The average Bonchev–Trinajstić information content (AvgIpc) is 2.90. The first-order chi connectivity index (χ1) is 11.1. The molecule has 4 nitrogen and oxygen atoms in total. The molecule has 1 aliphatic heterocycles. The summed E-state index contributed by atoms with van der Waals surface area (Å²) in [5, 5.41) is 8.94. The van der Waals surface area contributed by atoms with Crippen LogP contribution in [-0.4, -0.2) is 18.1 Å². The lowest BCUT2D eigenvalue weighted by atomic mass is 10.1. The van der Waals surface area contributed by atoms with Gasteiger partial charge in [-0.2, -0.15) is 5.26 Å². The number of benzene rings is 2. The first-order valence-corrected chi connectivity index (χ1v) is 7.68. The summed E-state index contributed by atoms with van der Waals surface area (Å²) in [5.41, 5.74) is 2.67. The number of nitrogens with zero attached hydrogens (tertiary/aromatic N) is 2. The zero-order valence-electron chi connectivity index (χ0n) is 13.2. The Kier molecular flexibility index (Phi) is 4.03. The molecule has 0 unspecified atom stereocenters. The minimum atomic E-state index is -0.613. The predicted octanol–water partition coefficient (Wildman–Crippen LogP) is 3.30. The highest BCUT2D eigenvalue weighted by Gasteiger charge is 2.33. The summed E-state index contributed by atoms with van der Waals surface area (Å²) in [7, 11) is 0. The Bertz CT molecular complexity index is 779. The molecule has 0 fully saturated rings. The van der Waals surface area contributed by atoms with E-state index in [9.17, 15) is 4.79 Å². The van der Waals surface area contributed by atoms with Crippen molar-refractivity contribution in [3.8, 4) is 11.8 Å². The van der Waals surface area contributed by atoms with E-state index in [0.717, 1.165) is 12.1 Å². The number of nitriles is 1. The van der Waals surface area contributed by atoms with Crippen molar-refractivity contribution >= 4 is 11.6 Å². The Labute approximate surface area is 135 Å². The molecule has 0 saturated carbocycles. The summed E-state index contributed by atoms with van der Waals surface area (Å²) >= 11 is 0. The van der Waals surface area contributed by atoms with Crippen molar-refractivity contribution in [1.29, 1.82) is 5.26 Å². The molecule has 0 aromatic heterocycles. The van der Waals surface area contributed by atoms with Crippen LogP contribution in [0.1, 0.15) is 25.0 Å². The monoisotopic (exact) mass is 306 g/mol. The highest BCUT2D eigenvalue weighted by Crippen LogP contribution is 2.32. The molecular formula is C19H18N2O2. The largest absolute Gasteiger partial charge is 0.481 e. The Morgan fingerprint density at radius 3 is 2.87 bits per heavy atom. The third-order valence-corrected chi connectivity index (χ3v) is 4.07. The first-order valence-electron chi connectivity index (χ1n) is 7.68. The zero-order valence-corrected chi connectivity index (χ0v) is 13.2. The molecule has 2 aromatic carbocycles. The number of hydrogen-bond donors (Lipinski definition) is 0. The third kappa shape index (κ3) is 2.91. The maximum atomic E-state index is 12.8. The smallest absolute Gasteiger partial charge is 0.268 e. The second-order valence-electron chi connectivity index (χ2n) is 5.79. The Hall–Kier alpha value is -2.80. The summed E-state index contributed by atoms with van der Waals surface area (Å²) in [6.45, 7) is 3.79. The fraction of sp³-hybridized carbons (Fsp3) is 0.263. The van der Waals surface area contributed by atoms with E-state index in [1.54, 1.807) is 31.2 Å². The normalized spacial score (nSPS) is 17.3. The number of para-hydroxylation sites is 1. The van der Waals surface area contributed by atoms with Gasteiger partial charge in [0.2, 0.25) is 0 Å².